The Bertz CT molecular complexity index is 276. The van der Waals surface area contributed by atoms with Gasteiger partial charge < -0.3 is 9.47 Å². The highest BCUT2D eigenvalue weighted by Crippen LogP contribution is 2.52. The van der Waals surface area contributed by atoms with E-state index in [-0.39, 0.29) is 0 Å². The fourth-order valence-electron chi connectivity index (χ4n) is 4.19. The molecule has 0 spiro atoms. The van der Waals surface area contributed by atoms with Crippen molar-refractivity contribution in [3.8, 4) is 0 Å². The Hall–Kier alpha value is -0.0800. The lowest BCUT2D eigenvalue weighted by Gasteiger charge is -2.34. The third kappa shape index (κ3) is 1.38. The molecule has 84 valence electrons. The maximum absolute atomic E-state index is 5.82. The summed E-state index contributed by atoms with van der Waals surface area (Å²) in [7, 11) is 0. The molecule has 7 atom stereocenters. The van der Waals surface area contributed by atoms with Gasteiger partial charge in [-0.25, -0.2) is 0 Å². The highest BCUT2D eigenvalue weighted by atomic mass is 16.6. The van der Waals surface area contributed by atoms with E-state index >= 15 is 0 Å². The zero-order chi connectivity index (χ0) is 9.99. The Kier molecular flexibility index (Phi) is 1.79. The second-order valence-corrected chi connectivity index (χ2v) is 6.06. The molecule has 2 heteroatoms. The lowest BCUT2D eigenvalue weighted by molar-refractivity contribution is 0.146. The maximum Gasteiger partial charge on any atom is 0.0875 e. The third-order valence-electron chi connectivity index (χ3n) is 5.15. The quantitative estimate of drug-likeness (QED) is 0.618. The van der Waals surface area contributed by atoms with E-state index in [2.05, 4.69) is 6.92 Å². The molecule has 4 fully saturated rings. The molecule has 4 rings (SSSR count). The van der Waals surface area contributed by atoms with Crippen molar-refractivity contribution in [2.45, 2.75) is 63.4 Å². The van der Waals surface area contributed by atoms with Gasteiger partial charge >= 0.3 is 0 Å². The average molecular weight is 208 g/mol. The molecule has 0 N–H and O–H groups in total. The van der Waals surface area contributed by atoms with Gasteiger partial charge in [-0.3, -0.25) is 0 Å². The van der Waals surface area contributed by atoms with E-state index in [1.54, 1.807) is 0 Å². The van der Waals surface area contributed by atoms with Crippen LogP contribution in [0.3, 0.4) is 0 Å². The van der Waals surface area contributed by atoms with Gasteiger partial charge in [0.15, 0.2) is 0 Å². The normalized spacial score (nSPS) is 61.8. The predicted octanol–water partition coefficient (Wildman–Crippen LogP) is 2.37. The van der Waals surface area contributed by atoms with Crippen molar-refractivity contribution in [2.75, 3.05) is 0 Å². The molecule has 0 bridgehead atoms. The van der Waals surface area contributed by atoms with Crippen molar-refractivity contribution in [3.05, 3.63) is 0 Å². The van der Waals surface area contributed by atoms with Crippen molar-refractivity contribution in [1.29, 1.82) is 0 Å². The molecule has 2 aliphatic carbocycles. The van der Waals surface area contributed by atoms with Gasteiger partial charge in [-0.15, -0.1) is 0 Å². The molecule has 0 amide bonds. The van der Waals surface area contributed by atoms with E-state index in [4.69, 9.17) is 9.47 Å². The maximum atomic E-state index is 5.82. The highest BCUT2D eigenvalue weighted by molar-refractivity contribution is 5.03. The lowest BCUT2D eigenvalue weighted by atomic mass is 9.68. The SMILES string of the molecule is CC1CCC2OC2C1C1CCC2OC2C1. The van der Waals surface area contributed by atoms with Gasteiger partial charge in [0.1, 0.15) is 0 Å². The molecular formula is C13H20O2. The minimum absolute atomic E-state index is 0.633. The van der Waals surface area contributed by atoms with Crippen LogP contribution in [-0.4, -0.2) is 24.4 Å². The number of hydrogen-bond donors (Lipinski definition) is 0. The topological polar surface area (TPSA) is 25.1 Å². The fourth-order valence-corrected chi connectivity index (χ4v) is 4.19. The Morgan fingerprint density at radius 1 is 0.867 bits per heavy atom. The van der Waals surface area contributed by atoms with Gasteiger partial charge in [0.05, 0.1) is 24.4 Å². The number of fused-ring (bicyclic) bond motifs is 2. The molecule has 0 aromatic heterocycles. The summed E-state index contributed by atoms with van der Waals surface area (Å²) >= 11 is 0. The first kappa shape index (κ1) is 9.00. The van der Waals surface area contributed by atoms with Crippen LogP contribution in [0.2, 0.25) is 0 Å². The van der Waals surface area contributed by atoms with Crippen LogP contribution in [0.25, 0.3) is 0 Å². The number of rotatable bonds is 1. The molecule has 2 heterocycles. The van der Waals surface area contributed by atoms with Gasteiger partial charge in [0, 0.05) is 0 Å². The third-order valence-corrected chi connectivity index (χ3v) is 5.15. The van der Waals surface area contributed by atoms with Crippen molar-refractivity contribution in [3.63, 3.8) is 0 Å². The zero-order valence-corrected chi connectivity index (χ0v) is 9.39. The van der Waals surface area contributed by atoms with Crippen LogP contribution in [0.5, 0.6) is 0 Å². The monoisotopic (exact) mass is 208 g/mol. The molecule has 15 heavy (non-hydrogen) atoms. The van der Waals surface area contributed by atoms with Crippen LogP contribution in [0.1, 0.15) is 39.0 Å². The molecule has 0 aromatic rings. The van der Waals surface area contributed by atoms with Crippen LogP contribution >= 0.6 is 0 Å². The van der Waals surface area contributed by atoms with Crippen molar-refractivity contribution in [2.24, 2.45) is 17.8 Å². The van der Waals surface area contributed by atoms with E-state index < -0.39 is 0 Å². The molecule has 2 nitrogen and oxygen atoms in total. The van der Waals surface area contributed by atoms with Crippen molar-refractivity contribution < 1.29 is 9.47 Å². The molecule has 7 unspecified atom stereocenters. The van der Waals surface area contributed by atoms with Crippen molar-refractivity contribution in [1.82, 2.24) is 0 Å². The zero-order valence-electron chi connectivity index (χ0n) is 9.39. The Morgan fingerprint density at radius 2 is 1.73 bits per heavy atom. The summed E-state index contributed by atoms with van der Waals surface area (Å²) < 4.78 is 11.5. The first-order chi connectivity index (χ1) is 7.33. The second-order valence-electron chi connectivity index (χ2n) is 6.06. The van der Waals surface area contributed by atoms with Gasteiger partial charge in [-0.2, -0.15) is 0 Å². The largest absolute Gasteiger partial charge is 0.370 e. The predicted molar refractivity (Wildman–Crippen MR) is 56.6 cm³/mol. The van der Waals surface area contributed by atoms with E-state index in [9.17, 15) is 0 Å². The molecule has 2 aliphatic heterocycles. The van der Waals surface area contributed by atoms with Crippen LogP contribution in [0.15, 0.2) is 0 Å². The van der Waals surface area contributed by atoms with E-state index in [0.29, 0.717) is 24.4 Å². The van der Waals surface area contributed by atoms with Crippen LogP contribution in [0.4, 0.5) is 0 Å². The van der Waals surface area contributed by atoms with Gasteiger partial charge in [-0.1, -0.05) is 6.92 Å². The summed E-state index contributed by atoms with van der Waals surface area (Å²) in [5.41, 5.74) is 0. The molecule has 2 saturated heterocycles. The summed E-state index contributed by atoms with van der Waals surface area (Å²) in [4.78, 5) is 0. The molecule has 4 aliphatic rings. The summed E-state index contributed by atoms with van der Waals surface area (Å²) in [6.07, 6.45) is 9.30. The first-order valence-electron chi connectivity index (χ1n) is 6.64. The van der Waals surface area contributed by atoms with Gasteiger partial charge in [0.2, 0.25) is 0 Å². The average Bonchev–Trinajstić information content (AvgIpc) is 3.10. The minimum atomic E-state index is 0.633. The Balaban J connectivity index is 1.50. The number of ether oxygens (including phenoxy) is 2. The van der Waals surface area contributed by atoms with E-state index in [1.807, 2.05) is 0 Å². The molecule has 2 saturated carbocycles. The van der Waals surface area contributed by atoms with Crippen molar-refractivity contribution >= 4 is 0 Å². The molecular weight excluding hydrogens is 188 g/mol. The summed E-state index contributed by atoms with van der Waals surface area (Å²) in [5.74, 6) is 2.64. The number of epoxide rings is 2. The first-order valence-corrected chi connectivity index (χ1v) is 6.64. The van der Waals surface area contributed by atoms with Crippen LogP contribution in [-0.2, 0) is 9.47 Å². The van der Waals surface area contributed by atoms with Gasteiger partial charge in [-0.05, 0) is 49.9 Å². The van der Waals surface area contributed by atoms with Gasteiger partial charge in [0.25, 0.3) is 0 Å². The fraction of sp³-hybridized carbons (Fsp3) is 1.00. The van der Waals surface area contributed by atoms with E-state index in [0.717, 1.165) is 17.8 Å². The molecule has 0 aromatic carbocycles. The summed E-state index contributed by atoms with van der Waals surface area (Å²) in [6, 6.07) is 0. The number of hydrogen-bond acceptors (Lipinski definition) is 2. The highest BCUT2D eigenvalue weighted by Gasteiger charge is 2.55. The lowest BCUT2D eigenvalue weighted by Crippen LogP contribution is -2.34. The molecule has 0 radical (unpaired) electrons. The standard InChI is InChI=1S/C13H20O2/c1-7-2-4-10-13(15-10)12(7)8-3-5-9-11(6-8)14-9/h7-13H,2-6H2,1H3. The summed E-state index contributed by atoms with van der Waals surface area (Å²) in [6.45, 7) is 2.43. The Morgan fingerprint density at radius 3 is 2.60 bits per heavy atom. The Labute approximate surface area is 91.3 Å². The van der Waals surface area contributed by atoms with Crippen LogP contribution in [0, 0.1) is 17.8 Å². The summed E-state index contributed by atoms with van der Waals surface area (Å²) in [5, 5.41) is 0. The second kappa shape index (κ2) is 2.98. The smallest absolute Gasteiger partial charge is 0.0875 e. The van der Waals surface area contributed by atoms with E-state index in [1.165, 1.54) is 32.1 Å². The minimum Gasteiger partial charge on any atom is -0.370 e. The van der Waals surface area contributed by atoms with Crippen LogP contribution < -0.4 is 0 Å².